The van der Waals surface area contributed by atoms with Crippen molar-refractivity contribution in [2.24, 2.45) is 5.73 Å². The van der Waals surface area contributed by atoms with Gasteiger partial charge in [-0.1, -0.05) is 6.92 Å². The van der Waals surface area contributed by atoms with Crippen LogP contribution < -0.4 is 11.1 Å². The van der Waals surface area contributed by atoms with Gasteiger partial charge in [0.2, 0.25) is 5.91 Å². The summed E-state index contributed by atoms with van der Waals surface area (Å²) in [6, 6.07) is 0. The third-order valence-electron chi connectivity index (χ3n) is 2.90. The first-order valence-electron chi connectivity index (χ1n) is 6.30. The van der Waals surface area contributed by atoms with Crippen LogP contribution in [0, 0.1) is 0 Å². The van der Waals surface area contributed by atoms with Crippen LogP contribution >= 0.6 is 0 Å². The molecule has 19 heavy (non-hydrogen) atoms. The van der Waals surface area contributed by atoms with E-state index in [9.17, 15) is 18.0 Å². The summed E-state index contributed by atoms with van der Waals surface area (Å²) < 4.78 is 42.0. The first kappa shape index (κ1) is 18.2. The Morgan fingerprint density at radius 3 is 2.26 bits per heavy atom. The Morgan fingerprint density at radius 1 is 1.37 bits per heavy atom. The van der Waals surface area contributed by atoms with Crippen LogP contribution in [0.5, 0.6) is 0 Å². The minimum Gasteiger partial charge on any atom is -0.368 e. The Labute approximate surface area is 111 Å². The van der Waals surface area contributed by atoms with E-state index in [4.69, 9.17) is 10.5 Å². The van der Waals surface area contributed by atoms with Gasteiger partial charge < -0.3 is 15.8 Å². The van der Waals surface area contributed by atoms with E-state index < -0.39 is 29.8 Å². The van der Waals surface area contributed by atoms with Gasteiger partial charge in [0.15, 0.2) is 6.10 Å². The molecule has 0 bridgehead atoms. The van der Waals surface area contributed by atoms with Gasteiger partial charge in [-0.3, -0.25) is 4.79 Å². The van der Waals surface area contributed by atoms with E-state index in [0.717, 1.165) is 13.3 Å². The highest BCUT2D eigenvalue weighted by atomic mass is 19.4. The number of nitrogens with two attached hydrogens (primary N) is 1. The monoisotopic (exact) mass is 284 g/mol. The van der Waals surface area contributed by atoms with Crippen molar-refractivity contribution in [3.8, 4) is 0 Å². The van der Waals surface area contributed by atoms with E-state index in [1.54, 1.807) is 6.92 Å². The van der Waals surface area contributed by atoms with Crippen molar-refractivity contribution in [2.45, 2.75) is 64.5 Å². The van der Waals surface area contributed by atoms with Crippen molar-refractivity contribution in [3.63, 3.8) is 0 Å². The van der Waals surface area contributed by atoms with E-state index in [1.807, 2.05) is 6.92 Å². The number of alkyl halides is 3. The molecule has 0 aliphatic carbocycles. The van der Waals surface area contributed by atoms with Gasteiger partial charge in [-0.2, -0.15) is 13.2 Å². The fourth-order valence-electron chi connectivity index (χ4n) is 1.71. The number of amides is 1. The summed E-state index contributed by atoms with van der Waals surface area (Å²) in [5.74, 6) is -0.601. The second kappa shape index (κ2) is 7.09. The first-order chi connectivity index (χ1) is 8.53. The van der Waals surface area contributed by atoms with Gasteiger partial charge in [-0.05, 0) is 33.7 Å². The number of hydrogen-bond acceptors (Lipinski definition) is 3. The predicted octanol–water partition coefficient (Wildman–Crippen LogP) is 1.98. The Kier molecular flexibility index (Phi) is 6.79. The lowest BCUT2D eigenvalue weighted by atomic mass is 9.93. The average molecular weight is 284 g/mol. The molecule has 0 rings (SSSR count). The smallest absolute Gasteiger partial charge is 0.368 e. The molecule has 0 spiro atoms. The molecule has 0 aliphatic rings. The SMILES string of the molecule is CCCNC(C)(CC(C)OC(C)C(F)(F)F)C(N)=O. The molecule has 0 saturated heterocycles. The molecular formula is C12H23F3N2O2. The number of primary amides is 1. The second-order valence-corrected chi connectivity index (χ2v) is 4.96. The fourth-order valence-corrected chi connectivity index (χ4v) is 1.71. The van der Waals surface area contributed by atoms with Crippen molar-refractivity contribution in [1.82, 2.24) is 5.32 Å². The number of hydrogen-bond donors (Lipinski definition) is 2. The molecular weight excluding hydrogens is 261 g/mol. The number of carbonyl (C=O) groups is 1. The van der Waals surface area contributed by atoms with Crippen molar-refractivity contribution in [1.29, 1.82) is 0 Å². The standard InChI is InChI=1S/C12H23F3N2O2/c1-5-6-17-11(4,10(16)18)7-8(2)19-9(3)12(13,14)15/h8-9,17H,5-7H2,1-4H3,(H2,16,18). The third kappa shape index (κ3) is 6.24. The van der Waals surface area contributed by atoms with Crippen LogP contribution in [0.2, 0.25) is 0 Å². The predicted molar refractivity (Wildman–Crippen MR) is 66.6 cm³/mol. The molecule has 4 nitrogen and oxygen atoms in total. The number of rotatable bonds is 8. The maximum absolute atomic E-state index is 12.4. The number of halogens is 3. The van der Waals surface area contributed by atoms with Gasteiger partial charge in [0, 0.05) is 6.42 Å². The van der Waals surface area contributed by atoms with Crippen LogP contribution in [0.4, 0.5) is 13.2 Å². The number of nitrogens with one attached hydrogen (secondary N) is 1. The van der Waals surface area contributed by atoms with E-state index in [2.05, 4.69) is 5.32 Å². The third-order valence-corrected chi connectivity index (χ3v) is 2.90. The molecule has 3 atom stereocenters. The molecule has 0 saturated carbocycles. The van der Waals surface area contributed by atoms with Crippen LogP contribution in [0.25, 0.3) is 0 Å². The van der Waals surface area contributed by atoms with Crippen molar-refractivity contribution >= 4 is 5.91 Å². The molecule has 0 aromatic rings. The van der Waals surface area contributed by atoms with Gasteiger partial charge in [-0.15, -0.1) is 0 Å². The van der Waals surface area contributed by atoms with Crippen LogP contribution in [0.1, 0.15) is 40.5 Å². The highest BCUT2D eigenvalue weighted by Crippen LogP contribution is 2.25. The molecule has 7 heteroatoms. The molecule has 3 N–H and O–H groups in total. The van der Waals surface area contributed by atoms with Gasteiger partial charge in [0.05, 0.1) is 11.6 Å². The summed E-state index contributed by atoms with van der Waals surface area (Å²) in [7, 11) is 0. The Hall–Kier alpha value is -0.820. The van der Waals surface area contributed by atoms with Gasteiger partial charge in [0.1, 0.15) is 0 Å². The van der Waals surface area contributed by atoms with Gasteiger partial charge >= 0.3 is 6.18 Å². The van der Waals surface area contributed by atoms with Gasteiger partial charge in [-0.25, -0.2) is 0 Å². The summed E-state index contributed by atoms with van der Waals surface area (Å²) in [4.78, 5) is 11.4. The average Bonchev–Trinajstić information content (AvgIpc) is 2.24. The zero-order chi connectivity index (χ0) is 15.3. The minimum atomic E-state index is -4.41. The van der Waals surface area contributed by atoms with E-state index >= 15 is 0 Å². The first-order valence-corrected chi connectivity index (χ1v) is 6.30. The quantitative estimate of drug-likeness (QED) is 0.716. The van der Waals surface area contributed by atoms with Crippen molar-refractivity contribution in [3.05, 3.63) is 0 Å². The molecule has 114 valence electrons. The largest absolute Gasteiger partial charge is 0.414 e. The summed E-state index contributed by atoms with van der Waals surface area (Å²) in [6.07, 6.45) is -6.14. The number of ether oxygens (including phenoxy) is 1. The van der Waals surface area contributed by atoms with E-state index in [1.165, 1.54) is 6.92 Å². The van der Waals surface area contributed by atoms with Crippen LogP contribution in [-0.2, 0) is 9.53 Å². The van der Waals surface area contributed by atoms with Crippen LogP contribution in [0.15, 0.2) is 0 Å². The molecule has 0 radical (unpaired) electrons. The van der Waals surface area contributed by atoms with Crippen LogP contribution in [-0.4, -0.2) is 36.4 Å². The molecule has 0 aromatic carbocycles. The maximum atomic E-state index is 12.4. The molecule has 0 aliphatic heterocycles. The lowest BCUT2D eigenvalue weighted by Crippen LogP contribution is -2.55. The van der Waals surface area contributed by atoms with Crippen molar-refractivity contribution < 1.29 is 22.7 Å². The van der Waals surface area contributed by atoms with Gasteiger partial charge in [0.25, 0.3) is 0 Å². The zero-order valence-corrected chi connectivity index (χ0v) is 11.8. The zero-order valence-electron chi connectivity index (χ0n) is 11.8. The normalized spacial score (nSPS) is 18.7. The minimum absolute atomic E-state index is 0.0861. The summed E-state index contributed by atoms with van der Waals surface area (Å²) in [5.41, 5.74) is 4.23. The highest BCUT2D eigenvalue weighted by molar-refractivity contribution is 5.84. The fraction of sp³-hybridized carbons (Fsp3) is 0.917. The molecule has 1 amide bonds. The van der Waals surface area contributed by atoms with E-state index in [0.29, 0.717) is 6.54 Å². The summed E-state index contributed by atoms with van der Waals surface area (Å²) in [6.45, 7) is 6.48. The highest BCUT2D eigenvalue weighted by Gasteiger charge is 2.39. The maximum Gasteiger partial charge on any atom is 0.414 e. The Balaban J connectivity index is 4.56. The van der Waals surface area contributed by atoms with E-state index in [-0.39, 0.29) is 6.42 Å². The Bertz CT molecular complexity index is 297. The summed E-state index contributed by atoms with van der Waals surface area (Å²) in [5, 5.41) is 2.95. The molecule has 0 heterocycles. The van der Waals surface area contributed by atoms with Crippen LogP contribution in [0.3, 0.4) is 0 Å². The molecule has 0 fully saturated rings. The lowest BCUT2D eigenvalue weighted by molar-refractivity contribution is -0.226. The molecule has 0 aromatic heterocycles. The lowest BCUT2D eigenvalue weighted by Gasteiger charge is -2.31. The molecule has 3 unspecified atom stereocenters. The number of carbonyl (C=O) groups excluding carboxylic acids is 1. The van der Waals surface area contributed by atoms with Crippen molar-refractivity contribution in [2.75, 3.05) is 6.54 Å². The Morgan fingerprint density at radius 2 is 1.89 bits per heavy atom. The second-order valence-electron chi connectivity index (χ2n) is 4.96. The summed E-state index contributed by atoms with van der Waals surface area (Å²) >= 11 is 0. The topological polar surface area (TPSA) is 64.3 Å².